The highest BCUT2D eigenvalue weighted by atomic mass is 35.5. The van der Waals surface area contributed by atoms with Gasteiger partial charge >= 0.3 is 0 Å². The molecule has 4 atom stereocenters. The minimum absolute atomic E-state index is 0.0469. The van der Waals surface area contributed by atoms with Crippen LogP contribution in [0.15, 0.2) is 46.0 Å². The first kappa shape index (κ1) is 31.1. The van der Waals surface area contributed by atoms with Gasteiger partial charge in [0.2, 0.25) is 0 Å². The van der Waals surface area contributed by atoms with E-state index in [9.17, 15) is 19.2 Å². The van der Waals surface area contributed by atoms with E-state index in [1.165, 1.54) is 0 Å². The van der Waals surface area contributed by atoms with Gasteiger partial charge in [-0.05, 0) is 72.9 Å². The monoisotopic (exact) mass is 714 g/mol. The second-order valence-electron chi connectivity index (χ2n) is 13.6. The maximum absolute atomic E-state index is 14.0. The molecule has 1 aliphatic carbocycles. The molecule has 4 aromatic rings. The average Bonchev–Trinajstić information content (AvgIpc) is 3.82. The molecule has 1 fully saturated rings. The van der Waals surface area contributed by atoms with Gasteiger partial charge in [-0.1, -0.05) is 41.3 Å². The zero-order chi connectivity index (χ0) is 34.4. The summed E-state index contributed by atoms with van der Waals surface area (Å²) >= 11 is 13.5. The van der Waals surface area contributed by atoms with Gasteiger partial charge < -0.3 is 14.8 Å². The summed E-state index contributed by atoms with van der Waals surface area (Å²) in [5, 5.41) is 3.52. The van der Waals surface area contributed by atoms with Gasteiger partial charge in [0, 0.05) is 32.1 Å². The molecule has 0 bridgehead atoms. The summed E-state index contributed by atoms with van der Waals surface area (Å²) in [7, 11) is 0. The predicted molar refractivity (Wildman–Crippen MR) is 187 cm³/mol. The second-order valence-corrected chi connectivity index (χ2v) is 14.3. The largest absolute Gasteiger partial charge is 0.482 e. The summed E-state index contributed by atoms with van der Waals surface area (Å²) < 4.78 is 18.9. The first-order valence-corrected chi connectivity index (χ1v) is 17.6. The van der Waals surface area contributed by atoms with Gasteiger partial charge in [0.15, 0.2) is 12.7 Å². The number of halogens is 2. The maximum Gasteiger partial charge on any atom is 0.276 e. The highest BCUT2D eigenvalue weighted by Crippen LogP contribution is 2.53. The van der Waals surface area contributed by atoms with Crippen LogP contribution in [-0.4, -0.2) is 49.8 Å². The van der Waals surface area contributed by atoms with Crippen LogP contribution in [0.25, 0.3) is 22.3 Å². The summed E-state index contributed by atoms with van der Waals surface area (Å²) in [6.45, 7) is 2.29. The van der Waals surface area contributed by atoms with Gasteiger partial charge in [0.25, 0.3) is 22.9 Å². The van der Waals surface area contributed by atoms with E-state index in [-0.39, 0.29) is 53.8 Å². The molecule has 4 aliphatic heterocycles. The number of nitrogens with one attached hydrogen (secondary N) is 1. The Bertz CT molecular complexity index is 2290. The van der Waals surface area contributed by atoms with E-state index in [0.717, 1.165) is 25.7 Å². The molecule has 5 aliphatic rings. The number of nitrogens with zero attached hydrogens (tertiary/aromatic N) is 5. The molecule has 256 valence electrons. The van der Waals surface area contributed by atoms with Crippen LogP contribution in [0.5, 0.6) is 11.5 Å². The van der Waals surface area contributed by atoms with Gasteiger partial charge in [0.05, 0.1) is 29.0 Å². The molecule has 2 amide bonds. The molecule has 2 aromatic carbocycles. The topological polar surface area (TPSA) is 122 Å². The number of rotatable bonds is 5. The minimum Gasteiger partial charge on any atom is -0.482 e. The molecule has 9 rings (SSSR count). The zero-order valence-corrected chi connectivity index (χ0v) is 28.4. The van der Waals surface area contributed by atoms with E-state index in [1.807, 2.05) is 15.4 Å². The highest BCUT2D eigenvalue weighted by Gasteiger charge is 2.54. The molecule has 1 saturated carbocycles. The summed E-state index contributed by atoms with van der Waals surface area (Å²) in [4.78, 5) is 54.6. The van der Waals surface area contributed by atoms with Crippen molar-refractivity contribution in [3.05, 3.63) is 67.4 Å². The Kier molecular flexibility index (Phi) is 7.23. The molecule has 1 N–H and O–H groups in total. The predicted octanol–water partition coefficient (Wildman–Crippen LogP) is 4.46. The number of hydrogen-bond acceptors (Lipinski definition) is 6. The Morgan fingerprint density at radius 1 is 0.840 bits per heavy atom. The smallest absolute Gasteiger partial charge is 0.276 e. The number of ether oxygens (including phenoxy) is 2. The lowest BCUT2D eigenvalue weighted by Gasteiger charge is -2.34. The van der Waals surface area contributed by atoms with Gasteiger partial charge in [0.1, 0.15) is 21.8 Å². The molecular formula is C36H32Cl2N6O6. The first-order chi connectivity index (χ1) is 24.2. The van der Waals surface area contributed by atoms with E-state index in [4.69, 9.17) is 39.1 Å². The molecule has 3 unspecified atom stereocenters. The first-order valence-electron chi connectivity index (χ1n) is 16.8. The van der Waals surface area contributed by atoms with Crippen molar-refractivity contribution in [2.45, 2.75) is 58.0 Å². The average molecular weight is 716 g/mol. The van der Waals surface area contributed by atoms with Crippen LogP contribution in [0.1, 0.15) is 25.7 Å². The summed E-state index contributed by atoms with van der Waals surface area (Å²) in [6, 6.07) is 10.6. The van der Waals surface area contributed by atoms with Crippen LogP contribution in [0.2, 0.25) is 10.3 Å². The third kappa shape index (κ3) is 4.74. The van der Waals surface area contributed by atoms with Crippen LogP contribution in [0, 0.1) is 30.1 Å². The van der Waals surface area contributed by atoms with Gasteiger partial charge in [-0.3, -0.25) is 33.4 Å². The van der Waals surface area contributed by atoms with Crippen molar-refractivity contribution in [2.24, 2.45) is 17.8 Å². The molecular weight excluding hydrogens is 683 g/mol. The number of carbonyl (C=O) groups excluding carboxylic acids is 2. The molecule has 14 heteroatoms. The fraction of sp³-hybridized carbons (Fsp3) is 0.389. The highest BCUT2D eigenvalue weighted by molar-refractivity contribution is 6.32. The summed E-state index contributed by atoms with van der Waals surface area (Å²) in [5.74, 6) is 3.45. The Morgan fingerprint density at radius 2 is 1.52 bits per heavy atom. The van der Waals surface area contributed by atoms with Crippen LogP contribution >= 0.6 is 23.2 Å². The van der Waals surface area contributed by atoms with Crippen molar-refractivity contribution < 1.29 is 19.1 Å². The Balaban J connectivity index is 0.963. The number of anilines is 2. The molecule has 50 heavy (non-hydrogen) atoms. The van der Waals surface area contributed by atoms with Crippen molar-refractivity contribution in [1.82, 2.24) is 18.7 Å². The second kappa shape index (κ2) is 11.6. The third-order valence-electron chi connectivity index (χ3n) is 10.8. The molecule has 6 heterocycles. The van der Waals surface area contributed by atoms with Crippen LogP contribution in [0.3, 0.4) is 0 Å². The number of aromatic nitrogens is 4. The number of carbonyl (C=O) groups is 2. The Morgan fingerprint density at radius 3 is 2.26 bits per heavy atom. The van der Waals surface area contributed by atoms with Crippen molar-refractivity contribution in [3.8, 4) is 46.1 Å². The van der Waals surface area contributed by atoms with Gasteiger partial charge in [-0.2, -0.15) is 0 Å². The van der Waals surface area contributed by atoms with E-state index in [2.05, 4.69) is 11.2 Å². The number of amides is 2. The number of terminal acetylenes is 1. The normalized spacial score (nSPS) is 23.4. The quantitative estimate of drug-likeness (QED) is 0.305. The van der Waals surface area contributed by atoms with Crippen molar-refractivity contribution in [3.63, 3.8) is 0 Å². The van der Waals surface area contributed by atoms with Gasteiger partial charge in [-0.15, -0.1) is 6.42 Å². The number of hydrogen-bond donors (Lipinski definition) is 1. The molecule has 0 saturated heterocycles. The lowest BCUT2D eigenvalue weighted by Crippen LogP contribution is -2.48. The zero-order valence-electron chi connectivity index (χ0n) is 26.9. The van der Waals surface area contributed by atoms with E-state index in [0.29, 0.717) is 81.6 Å². The van der Waals surface area contributed by atoms with Crippen LogP contribution in [0.4, 0.5) is 11.4 Å². The van der Waals surface area contributed by atoms with Crippen molar-refractivity contribution in [2.75, 3.05) is 23.4 Å². The van der Waals surface area contributed by atoms with E-state index in [1.54, 1.807) is 44.6 Å². The maximum atomic E-state index is 14.0. The lowest BCUT2D eigenvalue weighted by molar-refractivity contribution is -0.127. The molecule has 0 radical (unpaired) electrons. The van der Waals surface area contributed by atoms with E-state index < -0.39 is 6.10 Å². The Labute approximate surface area is 296 Å². The van der Waals surface area contributed by atoms with Gasteiger partial charge in [-0.25, -0.2) is 9.36 Å². The van der Waals surface area contributed by atoms with Crippen LogP contribution < -0.4 is 30.8 Å². The minimum atomic E-state index is -0.722. The van der Waals surface area contributed by atoms with E-state index >= 15 is 0 Å². The van der Waals surface area contributed by atoms with Crippen molar-refractivity contribution >= 4 is 46.4 Å². The third-order valence-corrected chi connectivity index (χ3v) is 11.6. The fourth-order valence-corrected chi connectivity index (χ4v) is 8.99. The SMILES string of the molecule is C#CCN1C(=O)C([C@H]2CC2C2CCn3c(Cl)c(-c4ccc5c(c4)NC(=O)CO5)c(=O)n3C2)Oc2ccc(-c3c(Cl)n4n(c3=O)CCCC4)cc21. The van der Waals surface area contributed by atoms with Crippen LogP contribution in [-0.2, 0) is 35.8 Å². The summed E-state index contributed by atoms with van der Waals surface area (Å²) in [5.41, 5.74) is 2.63. The standard InChI is InChI=1S/C36H32Cl2N6O6/c1-2-10-40-25-15-20(30-32(37)41-11-3-4-12-43(41)34(30)46)6-8-27(25)50-31(36(40)48)23-16-22(23)21-9-13-42-33(38)29(35(47)44(42)17-21)19-5-7-26-24(14-19)39-28(45)18-49-26/h1,5-8,14-15,21-23,31H,3-4,9-13,16-18H2,(H,39,45)/t21?,22?,23-,31?/m0/s1. The number of fused-ring (bicyclic) bond motifs is 4. The van der Waals surface area contributed by atoms with Crippen molar-refractivity contribution in [1.29, 1.82) is 0 Å². The molecule has 12 nitrogen and oxygen atoms in total. The molecule has 2 aromatic heterocycles. The Hall–Kier alpha value is -4.86. The number of benzene rings is 2. The lowest BCUT2D eigenvalue weighted by atomic mass is 9.94. The fourth-order valence-electron chi connectivity index (χ4n) is 8.26. The molecule has 0 spiro atoms. The summed E-state index contributed by atoms with van der Waals surface area (Å²) in [6.07, 6.45) is 8.46.